The molecule has 6 nitrogen and oxygen atoms in total. The Labute approximate surface area is 151 Å². The number of nitrogens with two attached hydrogens (primary N) is 1. The Morgan fingerprint density at radius 3 is 2.46 bits per heavy atom. The molecule has 0 aromatic heterocycles. The molecule has 0 radical (unpaired) electrons. The summed E-state index contributed by atoms with van der Waals surface area (Å²) in [6, 6.07) is 3.51. The lowest BCUT2D eigenvalue weighted by molar-refractivity contribution is -0.135. The number of benzene rings is 1. The van der Waals surface area contributed by atoms with Gasteiger partial charge >= 0.3 is 6.03 Å². The van der Waals surface area contributed by atoms with Crippen LogP contribution in [0.5, 0.6) is 0 Å². The van der Waals surface area contributed by atoms with E-state index in [0.717, 1.165) is 36.1 Å². The van der Waals surface area contributed by atoms with Crippen molar-refractivity contribution in [3.8, 4) is 0 Å². The van der Waals surface area contributed by atoms with Gasteiger partial charge < -0.3 is 11.1 Å². The van der Waals surface area contributed by atoms with Gasteiger partial charge in [0, 0.05) is 6.42 Å². The average Bonchev–Trinajstić information content (AvgIpc) is 2.89. The summed E-state index contributed by atoms with van der Waals surface area (Å²) in [6.07, 6.45) is 6.04. The van der Waals surface area contributed by atoms with E-state index in [9.17, 15) is 18.8 Å². The largest absolute Gasteiger partial charge is 0.368 e. The van der Waals surface area contributed by atoms with Gasteiger partial charge in [-0.15, -0.1) is 0 Å². The number of nitrogens with zero attached hydrogens (tertiary/aromatic N) is 1. The summed E-state index contributed by atoms with van der Waals surface area (Å²) in [5.41, 5.74) is 6.25. The zero-order valence-electron chi connectivity index (χ0n) is 14.6. The van der Waals surface area contributed by atoms with Gasteiger partial charge in [0.05, 0.1) is 0 Å². The molecule has 1 aliphatic heterocycles. The number of rotatable bonds is 6. The quantitative estimate of drug-likeness (QED) is 0.760. The average molecular weight is 361 g/mol. The normalized spacial score (nSPS) is 22.3. The summed E-state index contributed by atoms with van der Waals surface area (Å²) in [4.78, 5) is 38.0. The Kier molecular flexibility index (Phi) is 5.54. The Bertz CT molecular complexity index is 686. The molecule has 4 amide bonds. The lowest BCUT2D eigenvalue weighted by atomic mass is 9.84. The molecule has 1 aromatic rings. The Balaban J connectivity index is 1.70. The summed E-state index contributed by atoms with van der Waals surface area (Å²) in [7, 11) is 0. The van der Waals surface area contributed by atoms with Gasteiger partial charge in [-0.25, -0.2) is 14.1 Å². The number of urea groups is 1. The highest BCUT2D eigenvalue weighted by molar-refractivity contribution is 6.07. The molecule has 3 rings (SSSR count). The molecule has 3 N–H and O–H groups in total. The minimum Gasteiger partial charge on any atom is -0.368 e. The van der Waals surface area contributed by atoms with Crippen LogP contribution in [0.1, 0.15) is 44.1 Å². The van der Waals surface area contributed by atoms with Crippen molar-refractivity contribution in [3.05, 3.63) is 35.6 Å². The van der Waals surface area contributed by atoms with E-state index >= 15 is 0 Å². The predicted molar refractivity (Wildman–Crippen MR) is 93.4 cm³/mol. The van der Waals surface area contributed by atoms with Crippen LogP contribution < -0.4 is 11.1 Å². The molecule has 26 heavy (non-hydrogen) atoms. The molecular formula is C19H24FN3O3. The standard InChI is InChI=1S/C19H24FN3O3/c20-14-8-6-13(7-9-14)10-15-18(25)23(19(26)22-15)16(17(21)24)11-12-4-2-1-3-5-12/h6-9,12,15-16H,1-5,10-11H2,(H2,21,24)(H,22,26). The fourth-order valence-corrected chi connectivity index (χ4v) is 3.93. The first-order valence-electron chi connectivity index (χ1n) is 9.13. The number of hydrogen-bond acceptors (Lipinski definition) is 3. The van der Waals surface area contributed by atoms with E-state index in [1.807, 2.05) is 0 Å². The first kappa shape index (κ1) is 18.4. The van der Waals surface area contributed by atoms with Crippen molar-refractivity contribution in [1.82, 2.24) is 10.2 Å². The van der Waals surface area contributed by atoms with Crippen LogP contribution in [0.15, 0.2) is 24.3 Å². The molecule has 1 heterocycles. The monoisotopic (exact) mass is 361 g/mol. The Morgan fingerprint density at radius 1 is 1.19 bits per heavy atom. The van der Waals surface area contributed by atoms with Crippen LogP contribution in [-0.4, -0.2) is 34.8 Å². The molecule has 1 saturated heterocycles. The smallest absolute Gasteiger partial charge is 0.325 e. The molecule has 2 fully saturated rings. The third-order valence-corrected chi connectivity index (χ3v) is 5.33. The van der Waals surface area contributed by atoms with E-state index < -0.39 is 29.9 Å². The lowest BCUT2D eigenvalue weighted by Gasteiger charge is -2.29. The molecule has 0 bridgehead atoms. The van der Waals surface area contributed by atoms with Gasteiger partial charge in [-0.3, -0.25) is 9.59 Å². The van der Waals surface area contributed by atoms with E-state index in [0.29, 0.717) is 12.3 Å². The van der Waals surface area contributed by atoms with E-state index in [4.69, 9.17) is 5.73 Å². The van der Waals surface area contributed by atoms with Crippen molar-refractivity contribution in [2.75, 3.05) is 0 Å². The second-order valence-corrected chi connectivity index (χ2v) is 7.20. The molecular weight excluding hydrogens is 337 g/mol. The van der Waals surface area contributed by atoms with Crippen molar-refractivity contribution >= 4 is 17.8 Å². The summed E-state index contributed by atoms with van der Waals surface area (Å²) >= 11 is 0. The number of carbonyl (C=O) groups is 3. The fourth-order valence-electron chi connectivity index (χ4n) is 3.93. The van der Waals surface area contributed by atoms with Gasteiger partial charge in [-0.1, -0.05) is 44.2 Å². The van der Waals surface area contributed by atoms with E-state index in [1.165, 1.54) is 18.6 Å². The molecule has 140 valence electrons. The molecule has 2 unspecified atom stereocenters. The van der Waals surface area contributed by atoms with Crippen LogP contribution in [0, 0.1) is 11.7 Å². The van der Waals surface area contributed by atoms with Crippen molar-refractivity contribution in [3.63, 3.8) is 0 Å². The maximum atomic E-state index is 13.0. The number of primary amides is 1. The van der Waals surface area contributed by atoms with Gasteiger partial charge in [0.1, 0.15) is 17.9 Å². The highest BCUT2D eigenvalue weighted by Gasteiger charge is 2.44. The van der Waals surface area contributed by atoms with Crippen LogP contribution >= 0.6 is 0 Å². The molecule has 0 spiro atoms. The minimum atomic E-state index is -0.913. The summed E-state index contributed by atoms with van der Waals surface area (Å²) in [5.74, 6) is -1.16. The maximum absolute atomic E-state index is 13.0. The van der Waals surface area contributed by atoms with Gasteiger partial charge in [0.2, 0.25) is 5.91 Å². The lowest BCUT2D eigenvalue weighted by Crippen LogP contribution is -2.49. The molecule has 2 aliphatic rings. The van der Waals surface area contributed by atoms with Crippen molar-refractivity contribution in [2.24, 2.45) is 11.7 Å². The molecule has 2 atom stereocenters. The minimum absolute atomic E-state index is 0.246. The Hall–Kier alpha value is -2.44. The van der Waals surface area contributed by atoms with Gasteiger partial charge in [0.15, 0.2) is 0 Å². The van der Waals surface area contributed by atoms with E-state index in [-0.39, 0.29) is 12.2 Å². The summed E-state index contributed by atoms with van der Waals surface area (Å²) in [5, 5.41) is 2.63. The fraction of sp³-hybridized carbons (Fsp3) is 0.526. The molecule has 1 saturated carbocycles. The predicted octanol–water partition coefficient (Wildman–Crippen LogP) is 2.11. The second-order valence-electron chi connectivity index (χ2n) is 7.20. The third kappa shape index (κ3) is 4.03. The third-order valence-electron chi connectivity index (χ3n) is 5.33. The number of hydrogen-bond donors (Lipinski definition) is 2. The highest BCUT2D eigenvalue weighted by atomic mass is 19.1. The highest BCUT2D eigenvalue weighted by Crippen LogP contribution is 2.29. The van der Waals surface area contributed by atoms with Crippen LogP contribution in [0.2, 0.25) is 0 Å². The number of imide groups is 1. The zero-order chi connectivity index (χ0) is 18.7. The number of amides is 4. The van der Waals surface area contributed by atoms with Crippen molar-refractivity contribution in [2.45, 2.75) is 57.0 Å². The van der Waals surface area contributed by atoms with Crippen molar-refractivity contribution < 1.29 is 18.8 Å². The summed E-state index contributed by atoms with van der Waals surface area (Å²) < 4.78 is 13.0. The first-order valence-corrected chi connectivity index (χ1v) is 9.13. The van der Waals surface area contributed by atoms with E-state index in [2.05, 4.69) is 5.32 Å². The molecule has 7 heteroatoms. The van der Waals surface area contributed by atoms with E-state index in [1.54, 1.807) is 12.1 Å². The second kappa shape index (κ2) is 7.85. The van der Waals surface area contributed by atoms with Gasteiger partial charge in [0.25, 0.3) is 5.91 Å². The molecule has 1 aliphatic carbocycles. The summed E-state index contributed by atoms with van der Waals surface area (Å²) in [6.45, 7) is 0. The molecule has 1 aromatic carbocycles. The SMILES string of the molecule is NC(=O)C(CC1CCCCC1)N1C(=O)NC(Cc2ccc(F)cc2)C1=O. The number of halogens is 1. The number of carbonyl (C=O) groups excluding carboxylic acids is 3. The van der Waals surface area contributed by atoms with Gasteiger partial charge in [-0.05, 0) is 30.0 Å². The van der Waals surface area contributed by atoms with Crippen LogP contribution in [-0.2, 0) is 16.0 Å². The number of nitrogens with one attached hydrogen (secondary N) is 1. The first-order chi connectivity index (χ1) is 12.5. The zero-order valence-corrected chi connectivity index (χ0v) is 14.6. The van der Waals surface area contributed by atoms with Crippen LogP contribution in [0.25, 0.3) is 0 Å². The van der Waals surface area contributed by atoms with Crippen LogP contribution in [0.4, 0.5) is 9.18 Å². The van der Waals surface area contributed by atoms with Gasteiger partial charge in [-0.2, -0.15) is 0 Å². The topological polar surface area (TPSA) is 92.5 Å². The Morgan fingerprint density at radius 2 is 1.85 bits per heavy atom. The van der Waals surface area contributed by atoms with Crippen LogP contribution in [0.3, 0.4) is 0 Å². The van der Waals surface area contributed by atoms with Crippen molar-refractivity contribution in [1.29, 1.82) is 0 Å². The maximum Gasteiger partial charge on any atom is 0.325 e.